The predicted octanol–water partition coefficient (Wildman–Crippen LogP) is 4.25. The van der Waals surface area contributed by atoms with Crippen LogP contribution in [0, 0.1) is 5.41 Å². The fourth-order valence-electron chi connectivity index (χ4n) is 2.35. The lowest BCUT2D eigenvalue weighted by Gasteiger charge is -2.27. The molecule has 1 saturated heterocycles. The summed E-state index contributed by atoms with van der Waals surface area (Å²) >= 11 is 7.49. The highest BCUT2D eigenvalue weighted by Gasteiger charge is 2.24. The average molecular weight is 306 g/mol. The van der Waals surface area contributed by atoms with E-state index in [-0.39, 0.29) is 0 Å². The first kappa shape index (κ1) is 13.7. The number of amidine groups is 2. The van der Waals surface area contributed by atoms with Gasteiger partial charge in [-0.25, -0.2) is 4.99 Å². The molecule has 0 radical (unpaired) electrons. The van der Waals surface area contributed by atoms with E-state index in [4.69, 9.17) is 17.0 Å². The topological polar surface area (TPSA) is 39.5 Å². The van der Waals surface area contributed by atoms with Gasteiger partial charge in [0.05, 0.1) is 4.91 Å². The van der Waals surface area contributed by atoms with Gasteiger partial charge >= 0.3 is 0 Å². The lowest BCUT2D eigenvalue weighted by molar-refractivity contribution is 0.348. The molecule has 0 aromatic heterocycles. The molecule has 0 aliphatic carbocycles. The van der Waals surface area contributed by atoms with Gasteiger partial charge in [0.2, 0.25) is 0 Å². The fraction of sp³-hybridized carbons (Fsp3) is 0.333. The number of benzene rings is 1. The van der Waals surface area contributed by atoms with Gasteiger partial charge in [-0.15, -0.1) is 0 Å². The molecule has 0 spiro atoms. The number of halogens is 1. The van der Waals surface area contributed by atoms with Crippen molar-refractivity contribution in [1.82, 2.24) is 4.90 Å². The van der Waals surface area contributed by atoms with E-state index in [1.54, 1.807) is 11.8 Å². The first-order valence-corrected chi connectivity index (χ1v) is 7.99. The quantitative estimate of drug-likeness (QED) is 0.842. The van der Waals surface area contributed by atoms with Crippen LogP contribution in [-0.4, -0.2) is 29.0 Å². The van der Waals surface area contributed by atoms with Gasteiger partial charge in [-0.3, -0.25) is 5.41 Å². The van der Waals surface area contributed by atoms with Crippen molar-refractivity contribution in [2.45, 2.75) is 19.3 Å². The van der Waals surface area contributed by atoms with Crippen molar-refractivity contribution in [2.24, 2.45) is 4.99 Å². The van der Waals surface area contributed by atoms with Crippen LogP contribution in [0.1, 0.15) is 24.8 Å². The maximum absolute atomic E-state index is 8.02. The van der Waals surface area contributed by atoms with E-state index < -0.39 is 0 Å². The number of hydrogen-bond acceptors (Lipinski definition) is 3. The molecule has 0 amide bonds. The molecule has 1 N–H and O–H groups in total. The van der Waals surface area contributed by atoms with E-state index in [2.05, 4.69) is 9.89 Å². The molecule has 2 heterocycles. The van der Waals surface area contributed by atoms with Gasteiger partial charge in [0.15, 0.2) is 11.0 Å². The first-order chi connectivity index (χ1) is 9.72. The SMILES string of the molecule is N=C1N=C(N2CCCCC2)S/C1=C\c1ccc(Cl)cc1. The molecule has 2 aliphatic heterocycles. The van der Waals surface area contributed by atoms with Gasteiger partial charge < -0.3 is 4.90 Å². The summed E-state index contributed by atoms with van der Waals surface area (Å²) in [5.74, 6) is 0.366. The van der Waals surface area contributed by atoms with E-state index in [0.717, 1.165) is 33.7 Å². The van der Waals surface area contributed by atoms with Crippen LogP contribution in [0.4, 0.5) is 0 Å². The normalized spacial score (nSPS) is 21.4. The Hall–Kier alpha value is -1.26. The molecule has 5 heteroatoms. The lowest BCUT2D eigenvalue weighted by Crippen LogP contribution is -2.33. The van der Waals surface area contributed by atoms with Crippen LogP contribution in [-0.2, 0) is 0 Å². The summed E-state index contributed by atoms with van der Waals surface area (Å²) in [6, 6.07) is 7.65. The number of hydrogen-bond donors (Lipinski definition) is 1. The molecule has 0 saturated carbocycles. The Labute approximate surface area is 128 Å². The van der Waals surface area contributed by atoms with Crippen molar-refractivity contribution in [3.05, 3.63) is 39.8 Å². The van der Waals surface area contributed by atoms with E-state index in [1.165, 1.54) is 19.3 Å². The number of nitrogens with one attached hydrogen (secondary N) is 1. The minimum absolute atomic E-state index is 0.366. The number of likely N-dealkylation sites (tertiary alicyclic amines) is 1. The van der Waals surface area contributed by atoms with Gasteiger partial charge in [-0.05, 0) is 54.8 Å². The Kier molecular flexibility index (Phi) is 4.13. The zero-order valence-corrected chi connectivity index (χ0v) is 12.7. The highest BCUT2D eigenvalue weighted by atomic mass is 35.5. The van der Waals surface area contributed by atoms with Gasteiger partial charge in [0, 0.05) is 18.1 Å². The third-order valence-electron chi connectivity index (χ3n) is 3.44. The largest absolute Gasteiger partial charge is 0.351 e. The summed E-state index contributed by atoms with van der Waals surface area (Å²) in [6.45, 7) is 2.13. The Morgan fingerprint density at radius 3 is 2.55 bits per heavy atom. The smallest absolute Gasteiger partial charge is 0.171 e. The van der Waals surface area contributed by atoms with Crippen LogP contribution < -0.4 is 0 Å². The predicted molar refractivity (Wildman–Crippen MR) is 87.6 cm³/mol. The first-order valence-electron chi connectivity index (χ1n) is 6.80. The maximum atomic E-state index is 8.02. The van der Waals surface area contributed by atoms with Gasteiger partial charge in [-0.1, -0.05) is 23.7 Å². The van der Waals surface area contributed by atoms with Gasteiger partial charge in [0.1, 0.15) is 0 Å². The molecular formula is C15H16ClN3S. The van der Waals surface area contributed by atoms with Crippen molar-refractivity contribution < 1.29 is 0 Å². The summed E-state index contributed by atoms with van der Waals surface area (Å²) < 4.78 is 0. The second kappa shape index (κ2) is 6.02. The highest BCUT2D eigenvalue weighted by Crippen LogP contribution is 2.31. The van der Waals surface area contributed by atoms with Crippen LogP contribution in [0.15, 0.2) is 34.2 Å². The van der Waals surface area contributed by atoms with Crippen LogP contribution >= 0.6 is 23.4 Å². The molecule has 20 heavy (non-hydrogen) atoms. The molecule has 104 valence electrons. The molecule has 2 aliphatic rings. The summed E-state index contributed by atoms with van der Waals surface area (Å²) in [4.78, 5) is 7.61. The minimum atomic E-state index is 0.366. The van der Waals surface area contributed by atoms with Crippen LogP contribution in [0.5, 0.6) is 0 Å². The molecule has 3 nitrogen and oxygen atoms in total. The Bertz CT molecular complexity index is 571. The van der Waals surface area contributed by atoms with Crippen molar-refractivity contribution >= 4 is 40.4 Å². The van der Waals surface area contributed by atoms with Crippen LogP contribution in [0.2, 0.25) is 5.02 Å². The Morgan fingerprint density at radius 2 is 1.85 bits per heavy atom. The van der Waals surface area contributed by atoms with Gasteiger partial charge in [0.25, 0.3) is 0 Å². The maximum Gasteiger partial charge on any atom is 0.171 e. The number of aliphatic imine (C=N–C) groups is 1. The number of rotatable bonds is 1. The second-order valence-corrected chi connectivity index (χ2v) is 6.40. The Morgan fingerprint density at radius 1 is 1.15 bits per heavy atom. The molecule has 0 bridgehead atoms. The number of thioether (sulfide) groups is 1. The third-order valence-corrected chi connectivity index (χ3v) is 4.75. The summed E-state index contributed by atoms with van der Waals surface area (Å²) in [6.07, 6.45) is 5.76. The van der Waals surface area contributed by atoms with E-state index in [0.29, 0.717) is 5.84 Å². The summed E-state index contributed by atoms with van der Waals surface area (Å²) in [5, 5.41) is 9.73. The van der Waals surface area contributed by atoms with Crippen molar-refractivity contribution in [3.63, 3.8) is 0 Å². The summed E-state index contributed by atoms with van der Waals surface area (Å²) in [5.41, 5.74) is 1.05. The third kappa shape index (κ3) is 3.07. The Balaban J connectivity index is 1.74. The zero-order valence-electron chi connectivity index (χ0n) is 11.1. The molecule has 0 unspecified atom stereocenters. The van der Waals surface area contributed by atoms with Crippen molar-refractivity contribution in [3.8, 4) is 0 Å². The van der Waals surface area contributed by atoms with Crippen LogP contribution in [0.3, 0.4) is 0 Å². The molecule has 3 rings (SSSR count). The van der Waals surface area contributed by atoms with E-state index in [1.807, 2.05) is 30.3 Å². The highest BCUT2D eigenvalue weighted by molar-refractivity contribution is 8.18. The zero-order chi connectivity index (χ0) is 13.9. The molecule has 1 aromatic rings. The lowest BCUT2D eigenvalue weighted by atomic mass is 10.1. The molecule has 1 fully saturated rings. The molecular weight excluding hydrogens is 290 g/mol. The minimum Gasteiger partial charge on any atom is -0.351 e. The van der Waals surface area contributed by atoms with Crippen LogP contribution in [0.25, 0.3) is 6.08 Å². The van der Waals surface area contributed by atoms with E-state index >= 15 is 0 Å². The second-order valence-electron chi connectivity index (χ2n) is 4.95. The van der Waals surface area contributed by atoms with E-state index in [9.17, 15) is 0 Å². The van der Waals surface area contributed by atoms with Gasteiger partial charge in [-0.2, -0.15) is 0 Å². The number of piperidine rings is 1. The average Bonchev–Trinajstić information content (AvgIpc) is 2.84. The molecule has 0 atom stereocenters. The van der Waals surface area contributed by atoms with Crippen molar-refractivity contribution in [2.75, 3.05) is 13.1 Å². The standard InChI is InChI=1S/C15H16ClN3S/c16-12-6-4-11(5-7-12)10-13-14(17)18-15(20-13)19-8-2-1-3-9-19/h4-7,10,17H,1-3,8-9H2/b13-10-,17-14?. The van der Waals surface area contributed by atoms with Crippen molar-refractivity contribution in [1.29, 1.82) is 5.41 Å². The summed E-state index contributed by atoms with van der Waals surface area (Å²) in [7, 11) is 0. The number of nitrogens with zero attached hydrogens (tertiary/aromatic N) is 2. The molecule has 1 aromatic carbocycles. The fourth-order valence-corrected chi connectivity index (χ4v) is 3.46. The monoisotopic (exact) mass is 305 g/mol.